The first-order valence-corrected chi connectivity index (χ1v) is 4.72. The van der Waals surface area contributed by atoms with Crippen LogP contribution in [0, 0.1) is 0 Å². The van der Waals surface area contributed by atoms with Gasteiger partial charge in [0.2, 0.25) is 0 Å². The average Bonchev–Trinajstić information content (AvgIpc) is 2.54. The van der Waals surface area contributed by atoms with Gasteiger partial charge in [-0.05, 0) is 17.5 Å². The van der Waals surface area contributed by atoms with Crippen molar-refractivity contribution >= 4 is 17.2 Å². The summed E-state index contributed by atoms with van der Waals surface area (Å²) in [6.45, 7) is 0. The molecule has 0 radical (unpaired) electrons. The molecule has 3 N–H and O–H groups in total. The Morgan fingerprint density at radius 2 is 2.21 bits per heavy atom. The molecule has 2 heterocycles. The first-order chi connectivity index (χ1) is 6.68. The molecule has 14 heavy (non-hydrogen) atoms. The van der Waals surface area contributed by atoms with Gasteiger partial charge in [-0.1, -0.05) is 0 Å². The molecule has 2 aromatic rings. The standard InChI is InChI=1S/C8H7N3O2S/c9-5-4-6(12)10-8(13)11(5)7-2-1-3-14-7/h1-4H,9H2,(H,10,12,13). The number of aromatic nitrogens is 2. The second-order valence-electron chi connectivity index (χ2n) is 2.65. The predicted octanol–water partition coefficient (Wildman–Crippen LogP) is 0.169. The summed E-state index contributed by atoms with van der Waals surface area (Å²) < 4.78 is 1.26. The van der Waals surface area contributed by atoms with Crippen LogP contribution in [0.2, 0.25) is 0 Å². The molecular formula is C8H7N3O2S. The predicted molar refractivity (Wildman–Crippen MR) is 54.9 cm³/mol. The normalized spacial score (nSPS) is 10.3. The van der Waals surface area contributed by atoms with E-state index >= 15 is 0 Å². The molecule has 0 aliphatic carbocycles. The van der Waals surface area contributed by atoms with Crippen molar-refractivity contribution in [3.05, 3.63) is 44.4 Å². The molecule has 0 aromatic carbocycles. The largest absolute Gasteiger partial charge is 0.385 e. The minimum absolute atomic E-state index is 0.140. The van der Waals surface area contributed by atoms with Crippen LogP contribution in [0.15, 0.2) is 33.2 Å². The third-order valence-electron chi connectivity index (χ3n) is 1.70. The molecule has 0 unspecified atom stereocenters. The van der Waals surface area contributed by atoms with Gasteiger partial charge < -0.3 is 5.73 Å². The van der Waals surface area contributed by atoms with Crippen molar-refractivity contribution in [3.63, 3.8) is 0 Å². The summed E-state index contributed by atoms with van der Waals surface area (Å²) in [4.78, 5) is 24.4. The Kier molecular flexibility index (Phi) is 1.97. The number of rotatable bonds is 1. The Morgan fingerprint density at radius 1 is 1.43 bits per heavy atom. The zero-order valence-electron chi connectivity index (χ0n) is 7.06. The Hall–Kier alpha value is -1.82. The SMILES string of the molecule is Nc1cc(=O)[nH]c(=O)n1-c1cccs1. The van der Waals surface area contributed by atoms with Crippen molar-refractivity contribution in [2.45, 2.75) is 0 Å². The minimum atomic E-state index is -0.516. The number of thiophene rings is 1. The highest BCUT2D eigenvalue weighted by molar-refractivity contribution is 7.12. The lowest BCUT2D eigenvalue weighted by Gasteiger charge is -2.04. The lowest BCUT2D eigenvalue weighted by atomic mass is 10.5. The van der Waals surface area contributed by atoms with E-state index in [4.69, 9.17) is 5.73 Å². The molecule has 2 rings (SSSR count). The van der Waals surface area contributed by atoms with Gasteiger partial charge in [-0.15, -0.1) is 11.3 Å². The molecule has 0 bridgehead atoms. The second-order valence-corrected chi connectivity index (χ2v) is 3.58. The third-order valence-corrected chi connectivity index (χ3v) is 2.55. The fourth-order valence-corrected chi connectivity index (χ4v) is 1.89. The Labute approximate surface area is 82.4 Å². The number of hydrogen-bond acceptors (Lipinski definition) is 4. The summed E-state index contributed by atoms with van der Waals surface area (Å²) in [5.74, 6) is 0.140. The maximum atomic E-state index is 11.4. The molecule has 0 aliphatic rings. The van der Waals surface area contributed by atoms with Crippen LogP contribution in [0.25, 0.3) is 5.00 Å². The molecule has 0 spiro atoms. The highest BCUT2D eigenvalue weighted by atomic mass is 32.1. The summed E-state index contributed by atoms with van der Waals surface area (Å²) in [6, 6.07) is 4.73. The van der Waals surface area contributed by atoms with E-state index in [1.54, 1.807) is 12.1 Å². The Morgan fingerprint density at radius 3 is 2.79 bits per heavy atom. The molecule has 0 fully saturated rings. The summed E-state index contributed by atoms with van der Waals surface area (Å²) in [5, 5.41) is 2.51. The van der Waals surface area contributed by atoms with Crippen LogP contribution in [-0.2, 0) is 0 Å². The van der Waals surface area contributed by atoms with Crippen LogP contribution >= 0.6 is 11.3 Å². The summed E-state index contributed by atoms with van der Waals surface area (Å²) >= 11 is 1.37. The molecule has 0 amide bonds. The van der Waals surface area contributed by atoms with Crippen LogP contribution in [-0.4, -0.2) is 9.55 Å². The lowest BCUT2D eigenvalue weighted by molar-refractivity contribution is 0.922. The monoisotopic (exact) mass is 209 g/mol. The molecule has 6 heteroatoms. The van der Waals surface area contributed by atoms with Crippen molar-refractivity contribution in [1.29, 1.82) is 0 Å². The van der Waals surface area contributed by atoms with Crippen molar-refractivity contribution in [2.24, 2.45) is 0 Å². The van der Waals surface area contributed by atoms with E-state index < -0.39 is 11.2 Å². The fourth-order valence-electron chi connectivity index (χ4n) is 1.14. The molecular weight excluding hydrogens is 202 g/mol. The zero-order valence-corrected chi connectivity index (χ0v) is 7.88. The first-order valence-electron chi connectivity index (χ1n) is 3.84. The van der Waals surface area contributed by atoms with E-state index in [0.29, 0.717) is 5.00 Å². The zero-order chi connectivity index (χ0) is 10.1. The Balaban J connectivity index is 2.77. The molecule has 0 saturated carbocycles. The minimum Gasteiger partial charge on any atom is -0.385 e. The van der Waals surface area contributed by atoms with Crippen molar-refractivity contribution in [2.75, 3.05) is 5.73 Å². The topological polar surface area (TPSA) is 80.9 Å². The van der Waals surface area contributed by atoms with E-state index in [2.05, 4.69) is 4.98 Å². The van der Waals surface area contributed by atoms with Gasteiger partial charge in [-0.25, -0.2) is 9.36 Å². The number of nitrogens with one attached hydrogen (secondary N) is 1. The number of anilines is 1. The van der Waals surface area contributed by atoms with E-state index in [-0.39, 0.29) is 5.82 Å². The smallest absolute Gasteiger partial charge is 0.335 e. The molecule has 72 valence electrons. The highest BCUT2D eigenvalue weighted by Gasteiger charge is 2.05. The number of nitrogen functional groups attached to an aromatic ring is 1. The molecule has 0 saturated heterocycles. The number of H-pyrrole nitrogens is 1. The summed E-state index contributed by atoms with van der Waals surface area (Å²) in [5.41, 5.74) is 4.56. The number of hydrogen-bond donors (Lipinski definition) is 2. The molecule has 2 aromatic heterocycles. The van der Waals surface area contributed by atoms with Gasteiger partial charge in [0.05, 0.1) is 0 Å². The highest BCUT2D eigenvalue weighted by Crippen LogP contribution is 2.14. The summed E-state index contributed by atoms with van der Waals surface area (Å²) in [6.07, 6.45) is 0. The number of nitrogens with two attached hydrogens (primary N) is 1. The maximum Gasteiger partial charge on any atom is 0.335 e. The summed E-state index contributed by atoms with van der Waals surface area (Å²) in [7, 11) is 0. The van der Waals surface area contributed by atoms with Gasteiger partial charge >= 0.3 is 5.69 Å². The maximum absolute atomic E-state index is 11.4. The molecule has 0 atom stereocenters. The van der Waals surface area contributed by atoms with Gasteiger partial charge in [0.25, 0.3) is 5.56 Å². The second kappa shape index (κ2) is 3.15. The first kappa shape index (κ1) is 8.76. The van der Waals surface area contributed by atoms with E-state index in [1.807, 2.05) is 5.38 Å². The quantitative estimate of drug-likeness (QED) is 0.702. The Bertz CT molecular complexity index is 553. The average molecular weight is 209 g/mol. The van der Waals surface area contributed by atoms with Crippen molar-refractivity contribution in [3.8, 4) is 5.00 Å². The lowest BCUT2D eigenvalue weighted by Crippen LogP contribution is -2.29. The van der Waals surface area contributed by atoms with Gasteiger partial charge in [-0.3, -0.25) is 9.78 Å². The fraction of sp³-hybridized carbons (Fsp3) is 0. The van der Waals surface area contributed by atoms with Gasteiger partial charge in [0.15, 0.2) is 0 Å². The van der Waals surface area contributed by atoms with Gasteiger partial charge in [0, 0.05) is 6.07 Å². The van der Waals surface area contributed by atoms with Crippen LogP contribution in [0.3, 0.4) is 0 Å². The van der Waals surface area contributed by atoms with E-state index in [1.165, 1.54) is 22.0 Å². The number of nitrogens with zero attached hydrogens (tertiary/aromatic N) is 1. The number of aromatic amines is 1. The van der Waals surface area contributed by atoms with Gasteiger partial charge in [-0.2, -0.15) is 0 Å². The van der Waals surface area contributed by atoms with Crippen molar-refractivity contribution in [1.82, 2.24) is 9.55 Å². The van der Waals surface area contributed by atoms with E-state index in [0.717, 1.165) is 0 Å². The van der Waals surface area contributed by atoms with Crippen LogP contribution in [0.5, 0.6) is 0 Å². The van der Waals surface area contributed by atoms with Crippen LogP contribution in [0.4, 0.5) is 5.82 Å². The molecule has 5 nitrogen and oxygen atoms in total. The van der Waals surface area contributed by atoms with Crippen molar-refractivity contribution < 1.29 is 0 Å². The van der Waals surface area contributed by atoms with Crippen LogP contribution in [0.1, 0.15) is 0 Å². The third kappa shape index (κ3) is 1.35. The van der Waals surface area contributed by atoms with Crippen LogP contribution < -0.4 is 17.0 Å². The van der Waals surface area contributed by atoms with E-state index in [9.17, 15) is 9.59 Å². The molecule has 0 aliphatic heterocycles. The van der Waals surface area contributed by atoms with Gasteiger partial charge in [0.1, 0.15) is 10.8 Å².